The van der Waals surface area contributed by atoms with E-state index in [0.717, 1.165) is 19.1 Å². The molecule has 2 rings (SSSR count). The second-order valence-electron chi connectivity index (χ2n) is 6.70. The average Bonchev–Trinajstić information content (AvgIpc) is 2.53. The van der Waals surface area contributed by atoms with E-state index >= 15 is 0 Å². The summed E-state index contributed by atoms with van der Waals surface area (Å²) < 4.78 is 6.00. The summed E-state index contributed by atoms with van der Waals surface area (Å²) in [6, 6.07) is 9.26. The van der Waals surface area contributed by atoms with Crippen LogP contribution in [-0.4, -0.2) is 20.3 Å². The highest BCUT2D eigenvalue weighted by Gasteiger charge is 2.15. The molecule has 2 nitrogen and oxygen atoms in total. The molecule has 1 unspecified atom stereocenters. The fourth-order valence-corrected chi connectivity index (χ4v) is 3.17. The molecule has 0 heterocycles. The van der Waals surface area contributed by atoms with Crippen LogP contribution >= 0.6 is 0 Å². The molecule has 0 radical (unpaired) electrons. The van der Waals surface area contributed by atoms with E-state index in [1.807, 2.05) is 7.05 Å². The van der Waals surface area contributed by atoms with Crippen molar-refractivity contribution in [2.45, 2.75) is 57.9 Å². The number of likely N-dealkylation sites (N-methyl/N-ethyl adjacent to an activating group) is 1. The molecule has 118 valence electrons. The maximum absolute atomic E-state index is 6.00. The third-order valence-electron chi connectivity index (χ3n) is 4.72. The lowest BCUT2D eigenvalue weighted by atomic mass is 9.90. The maximum atomic E-state index is 6.00. The van der Waals surface area contributed by atoms with E-state index in [9.17, 15) is 0 Å². The molecular weight excluding hydrogens is 258 g/mol. The molecular formula is C19H31NO. The van der Waals surface area contributed by atoms with Crippen LogP contribution in [-0.2, 0) is 4.74 Å². The lowest BCUT2D eigenvalue weighted by Crippen LogP contribution is -2.24. The molecule has 0 aliphatic heterocycles. The van der Waals surface area contributed by atoms with Crippen molar-refractivity contribution in [3.8, 4) is 0 Å². The van der Waals surface area contributed by atoms with Crippen LogP contribution in [0.15, 0.2) is 24.3 Å². The Labute approximate surface area is 130 Å². The molecule has 1 aliphatic rings. The Morgan fingerprint density at radius 3 is 2.24 bits per heavy atom. The Hall–Kier alpha value is -0.860. The number of nitrogens with one attached hydrogen (secondary N) is 1. The van der Waals surface area contributed by atoms with Crippen LogP contribution in [0.25, 0.3) is 0 Å². The second kappa shape index (κ2) is 8.55. The molecule has 1 N–H and O–H groups in total. The van der Waals surface area contributed by atoms with Gasteiger partial charge >= 0.3 is 0 Å². The molecule has 1 saturated carbocycles. The molecule has 0 aromatic heterocycles. The van der Waals surface area contributed by atoms with Gasteiger partial charge in [-0.05, 0) is 42.9 Å². The van der Waals surface area contributed by atoms with Gasteiger partial charge in [0.25, 0.3) is 0 Å². The molecule has 21 heavy (non-hydrogen) atoms. The summed E-state index contributed by atoms with van der Waals surface area (Å²) in [6.07, 6.45) is 6.90. The topological polar surface area (TPSA) is 21.3 Å². The highest BCUT2D eigenvalue weighted by molar-refractivity contribution is 5.26. The minimum atomic E-state index is 0.301. The molecule has 2 heteroatoms. The number of rotatable bonds is 7. The van der Waals surface area contributed by atoms with Crippen molar-refractivity contribution >= 4 is 0 Å². The van der Waals surface area contributed by atoms with Crippen LogP contribution in [0.3, 0.4) is 0 Å². The number of hydrogen-bond donors (Lipinski definition) is 1. The van der Waals surface area contributed by atoms with Crippen molar-refractivity contribution in [1.29, 1.82) is 0 Å². The third-order valence-corrected chi connectivity index (χ3v) is 4.72. The van der Waals surface area contributed by atoms with E-state index in [4.69, 9.17) is 4.74 Å². The predicted molar refractivity (Wildman–Crippen MR) is 89.7 cm³/mol. The highest BCUT2D eigenvalue weighted by Crippen LogP contribution is 2.24. The van der Waals surface area contributed by atoms with Crippen molar-refractivity contribution in [3.63, 3.8) is 0 Å². The monoisotopic (exact) mass is 289 g/mol. The highest BCUT2D eigenvalue weighted by atomic mass is 16.5. The largest absolute Gasteiger partial charge is 0.379 e. The molecule has 1 aromatic carbocycles. The van der Waals surface area contributed by atoms with Crippen molar-refractivity contribution in [3.05, 3.63) is 35.4 Å². The summed E-state index contributed by atoms with van der Waals surface area (Å²) in [6.45, 7) is 6.17. The molecule has 0 spiro atoms. The third kappa shape index (κ3) is 5.12. The zero-order valence-electron chi connectivity index (χ0n) is 13.9. The smallest absolute Gasteiger partial charge is 0.0661 e. The average molecular weight is 289 g/mol. The van der Waals surface area contributed by atoms with Gasteiger partial charge in [-0.25, -0.2) is 0 Å². The lowest BCUT2D eigenvalue weighted by molar-refractivity contribution is 0.0707. The van der Waals surface area contributed by atoms with E-state index in [1.165, 1.54) is 43.2 Å². The van der Waals surface area contributed by atoms with E-state index in [2.05, 4.69) is 43.4 Å². The van der Waals surface area contributed by atoms with Gasteiger partial charge in [0.15, 0.2) is 0 Å². The SMILES string of the molecule is CNC(COCC1CCCCC1)c1ccc(C(C)C)cc1. The first-order chi connectivity index (χ1) is 10.2. The molecule has 0 saturated heterocycles. The Bertz CT molecular complexity index is 393. The van der Waals surface area contributed by atoms with Crippen LogP contribution in [0.2, 0.25) is 0 Å². The van der Waals surface area contributed by atoms with Crippen LogP contribution in [0, 0.1) is 5.92 Å². The van der Waals surface area contributed by atoms with Gasteiger partial charge in [0, 0.05) is 6.61 Å². The minimum absolute atomic E-state index is 0.301. The van der Waals surface area contributed by atoms with Crippen LogP contribution in [0.4, 0.5) is 0 Å². The maximum Gasteiger partial charge on any atom is 0.0661 e. The van der Waals surface area contributed by atoms with Crippen LogP contribution in [0.5, 0.6) is 0 Å². The first-order valence-corrected chi connectivity index (χ1v) is 8.55. The summed E-state index contributed by atoms with van der Waals surface area (Å²) in [4.78, 5) is 0. The van der Waals surface area contributed by atoms with E-state index in [0.29, 0.717) is 12.0 Å². The zero-order valence-corrected chi connectivity index (χ0v) is 13.9. The molecule has 1 aliphatic carbocycles. The number of benzene rings is 1. The standard InChI is InChI=1S/C19H31NO/c1-15(2)17-9-11-18(12-10-17)19(20-3)14-21-13-16-7-5-4-6-8-16/h9-12,15-16,19-20H,4-8,13-14H2,1-3H3. The zero-order chi connectivity index (χ0) is 15.1. The van der Waals surface area contributed by atoms with Gasteiger partial charge in [-0.2, -0.15) is 0 Å². The molecule has 1 atom stereocenters. The quantitative estimate of drug-likeness (QED) is 0.787. The van der Waals surface area contributed by atoms with Crippen LogP contribution in [0.1, 0.15) is 69.0 Å². The fraction of sp³-hybridized carbons (Fsp3) is 0.684. The summed E-state index contributed by atoms with van der Waals surface area (Å²) in [5.41, 5.74) is 2.72. The van der Waals surface area contributed by atoms with Gasteiger partial charge in [0.05, 0.1) is 12.6 Å². The molecule has 0 bridgehead atoms. The Morgan fingerprint density at radius 1 is 1.05 bits per heavy atom. The summed E-state index contributed by atoms with van der Waals surface area (Å²) in [5, 5.41) is 3.38. The number of hydrogen-bond acceptors (Lipinski definition) is 2. The van der Waals surface area contributed by atoms with Gasteiger partial charge in [-0.3, -0.25) is 0 Å². The van der Waals surface area contributed by atoms with Gasteiger partial charge < -0.3 is 10.1 Å². The Kier molecular flexibility index (Phi) is 6.72. The van der Waals surface area contributed by atoms with Gasteiger partial charge in [0.2, 0.25) is 0 Å². The Balaban J connectivity index is 1.81. The van der Waals surface area contributed by atoms with Crippen molar-refractivity contribution in [2.24, 2.45) is 5.92 Å². The van der Waals surface area contributed by atoms with E-state index in [-0.39, 0.29) is 0 Å². The van der Waals surface area contributed by atoms with Gasteiger partial charge in [-0.15, -0.1) is 0 Å². The second-order valence-corrected chi connectivity index (χ2v) is 6.70. The summed E-state index contributed by atoms with van der Waals surface area (Å²) in [7, 11) is 2.02. The fourth-order valence-electron chi connectivity index (χ4n) is 3.17. The van der Waals surface area contributed by atoms with Crippen molar-refractivity contribution in [1.82, 2.24) is 5.32 Å². The minimum Gasteiger partial charge on any atom is -0.379 e. The van der Waals surface area contributed by atoms with E-state index < -0.39 is 0 Å². The first-order valence-electron chi connectivity index (χ1n) is 8.55. The van der Waals surface area contributed by atoms with Crippen molar-refractivity contribution in [2.75, 3.05) is 20.3 Å². The molecule has 1 aromatic rings. The van der Waals surface area contributed by atoms with Crippen molar-refractivity contribution < 1.29 is 4.74 Å². The molecule has 0 amide bonds. The number of ether oxygens (including phenoxy) is 1. The van der Waals surface area contributed by atoms with Gasteiger partial charge in [0.1, 0.15) is 0 Å². The lowest BCUT2D eigenvalue weighted by Gasteiger charge is -2.23. The summed E-state index contributed by atoms with van der Waals surface area (Å²) >= 11 is 0. The normalized spacial score (nSPS) is 18.1. The summed E-state index contributed by atoms with van der Waals surface area (Å²) in [5.74, 6) is 1.38. The van der Waals surface area contributed by atoms with Gasteiger partial charge in [-0.1, -0.05) is 57.4 Å². The molecule has 1 fully saturated rings. The Morgan fingerprint density at radius 2 is 1.67 bits per heavy atom. The van der Waals surface area contributed by atoms with E-state index in [1.54, 1.807) is 0 Å². The first kappa shape index (κ1) is 16.5. The predicted octanol–water partition coefficient (Wildman–Crippen LogP) is 4.67. The van der Waals surface area contributed by atoms with Crippen LogP contribution < -0.4 is 5.32 Å².